The van der Waals surface area contributed by atoms with Gasteiger partial charge in [-0.25, -0.2) is 9.69 Å². The first-order valence-electron chi connectivity index (χ1n) is 6.11. The van der Waals surface area contributed by atoms with Gasteiger partial charge in [-0.1, -0.05) is 12.1 Å². The van der Waals surface area contributed by atoms with Crippen LogP contribution in [-0.2, 0) is 0 Å². The third-order valence-electron chi connectivity index (χ3n) is 3.25. The van der Waals surface area contributed by atoms with Gasteiger partial charge in [-0.2, -0.15) is 0 Å². The molecule has 94 valence electrons. The highest BCUT2D eigenvalue weighted by molar-refractivity contribution is 6.17. The van der Waals surface area contributed by atoms with Crippen molar-refractivity contribution in [3.8, 4) is 0 Å². The maximum atomic E-state index is 7.37. The maximum absolute atomic E-state index is 7.37. The zero-order chi connectivity index (χ0) is 14.3. The number of rotatable bonds is 0. The van der Waals surface area contributed by atoms with Gasteiger partial charge in [0, 0.05) is 11.4 Å². The van der Waals surface area contributed by atoms with E-state index in [0.717, 1.165) is 11.4 Å². The number of hydrogen-bond donors (Lipinski definition) is 0. The molecule has 0 radical (unpaired) electrons. The average Bonchev–Trinajstić information content (AvgIpc) is 2.45. The van der Waals surface area contributed by atoms with Crippen molar-refractivity contribution in [2.24, 2.45) is 0 Å². The second-order valence-electron chi connectivity index (χ2n) is 4.62. The summed E-state index contributed by atoms with van der Waals surface area (Å²) in [5, 5.41) is 1.39. The number of hydrogen-bond acceptors (Lipinski definition) is 2. The minimum Gasteiger partial charge on any atom is -0.252 e. The predicted octanol–water partition coefficient (Wildman–Crippen LogP) is 4.50. The van der Waals surface area contributed by atoms with Crippen LogP contribution in [-0.4, -0.2) is 9.97 Å². The molecule has 0 aliphatic carbocycles. The van der Waals surface area contributed by atoms with Gasteiger partial charge in [-0.05, 0) is 36.8 Å². The molecule has 0 saturated heterocycles. The smallest absolute Gasteiger partial charge is 0.204 e. The first-order valence-corrected chi connectivity index (χ1v) is 6.11. The number of nitrogens with zero attached hydrogens (tertiary/aromatic N) is 4. The van der Waals surface area contributed by atoms with Crippen molar-refractivity contribution in [1.29, 1.82) is 0 Å². The molecule has 1 aromatic carbocycles. The quantitative estimate of drug-likeness (QED) is 0.439. The Balaban J connectivity index is 2.70. The van der Waals surface area contributed by atoms with Crippen molar-refractivity contribution in [3.05, 3.63) is 58.5 Å². The van der Waals surface area contributed by atoms with Crippen molar-refractivity contribution < 1.29 is 0 Å². The summed E-state index contributed by atoms with van der Waals surface area (Å²) in [6, 6.07) is 7.41. The normalized spacial score (nSPS) is 10.4. The Morgan fingerprint density at radius 1 is 0.750 bits per heavy atom. The molecule has 0 spiro atoms. The van der Waals surface area contributed by atoms with Crippen molar-refractivity contribution in [2.45, 2.75) is 13.8 Å². The first-order chi connectivity index (χ1) is 9.65. The molecule has 0 atom stereocenters. The summed E-state index contributed by atoms with van der Waals surface area (Å²) in [6.45, 7) is 18.6. The van der Waals surface area contributed by atoms with Crippen LogP contribution in [0.4, 0.5) is 11.4 Å². The summed E-state index contributed by atoms with van der Waals surface area (Å²) in [7, 11) is 0. The summed E-state index contributed by atoms with van der Waals surface area (Å²) in [4.78, 5) is 16.1. The zero-order valence-electron chi connectivity index (χ0n) is 11.1. The molecular formula is C16H10N4. The van der Waals surface area contributed by atoms with Crippen LogP contribution in [0.3, 0.4) is 0 Å². The number of aromatic nitrogens is 2. The summed E-state index contributed by atoms with van der Waals surface area (Å²) in [5.74, 6) is 0. The van der Waals surface area contributed by atoms with Crippen LogP contribution in [0.2, 0.25) is 0 Å². The number of pyridine rings is 2. The lowest BCUT2D eigenvalue weighted by atomic mass is 10.0. The zero-order valence-corrected chi connectivity index (χ0v) is 11.1. The molecule has 0 aliphatic rings. The molecule has 0 amide bonds. The third-order valence-corrected chi connectivity index (χ3v) is 3.25. The Morgan fingerprint density at radius 2 is 1.15 bits per heavy atom. The molecule has 0 fully saturated rings. The fraction of sp³-hybridized carbons (Fsp3) is 0.125. The highest BCUT2D eigenvalue weighted by Gasteiger charge is 2.16. The molecule has 20 heavy (non-hydrogen) atoms. The number of aryl methyl sites for hydroxylation is 2. The average molecular weight is 258 g/mol. The third kappa shape index (κ3) is 1.60. The van der Waals surface area contributed by atoms with Crippen molar-refractivity contribution >= 4 is 33.2 Å². The Kier molecular flexibility index (Phi) is 2.59. The van der Waals surface area contributed by atoms with Gasteiger partial charge < -0.3 is 0 Å². The molecule has 0 N–H and O–H groups in total. The standard InChI is InChI=1S/C16H10N4/c1-9-5-7-11-13(17-3)14(18-4)12-8-6-10(2)20-16(12)15(11)19-9/h5-8H,1-2H3. The fourth-order valence-corrected chi connectivity index (χ4v) is 2.34. The Bertz CT molecular complexity index is 864. The molecule has 3 aromatic rings. The van der Waals surface area contributed by atoms with Gasteiger partial charge >= 0.3 is 0 Å². The molecule has 0 aliphatic heterocycles. The van der Waals surface area contributed by atoms with Crippen LogP contribution >= 0.6 is 0 Å². The molecule has 0 unspecified atom stereocenters. The van der Waals surface area contributed by atoms with Gasteiger partial charge in [0.25, 0.3) is 0 Å². The van der Waals surface area contributed by atoms with Crippen LogP contribution < -0.4 is 0 Å². The summed E-state index contributed by atoms with van der Waals surface area (Å²) in [6.07, 6.45) is 0. The number of fused-ring (bicyclic) bond motifs is 3. The molecule has 2 heterocycles. The molecule has 4 heteroatoms. The van der Waals surface area contributed by atoms with E-state index < -0.39 is 0 Å². The van der Waals surface area contributed by atoms with Crippen molar-refractivity contribution in [2.75, 3.05) is 0 Å². The largest absolute Gasteiger partial charge is 0.252 e. The summed E-state index contributed by atoms with van der Waals surface area (Å²) >= 11 is 0. The molecule has 0 bridgehead atoms. The van der Waals surface area contributed by atoms with E-state index in [1.807, 2.05) is 38.1 Å². The van der Waals surface area contributed by atoms with E-state index in [9.17, 15) is 0 Å². The molecule has 2 aromatic heterocycles. The SMILES string of the molecule is [C-]#[N+]c1c([N+]#[C-])c2ccc(C)nc2c2nc(C)ccc12. The number of benzene rings is 1. The minimum absolute atomic E-state index is 0.362. The topological polar surface area (TPSA) is 34.5 Å². The van der Waals surface area contributed by atoms with E-state index in [-0.39, 0.29) is 0 Å². The molecule has 3 rings (SSSR count). The van der Waals surface area contributed by atoms with Gasteiger partial charge in [0.15, 0.2) is 0 Å². The highest BCUT2D eigenvalue weighted by atomic mass is 14.8. The van der Waals surface area contributed by atoms with E-state index in [0.29, 0.717) is 33.2 Å². The van der Waals surface area contributed by atoms with Gasteiger partial charge in [0.2, 0.25) is 11.4 Å². The highest BCUT2D eigenvalue weighted by Crippen LogP contribution is 2.42. The van der Waals surface area contributed by atoms with E-state index in [2.05, 4.69) is 19.7 Å². The van der Waals surface area contributed by atoms with Crippen LogP contribution in [0.5, 0.6) is 0 Å². The second kappa shape index (κ2) is 4.29. The first kappa shape index (κ1) is 12.1. The Labute approximate surface area is 116 Å². The van der Waals surface area contributed by atoms with Gasteiger partial charge in [0.1, 0.15) is 0 Å². The van der Waals surface area contributed by atoms with E-state index in [4.69, 9.17) is 13.1 Å². The van der Waals surface area contributed by atoms with E-state index >= 15 is 0 Å². The van der Waals surface area contributed by atoms with Crippen LogP contribution in [0, 0.1) is 27.0 Å². The molecular weight excluding hydrogens is 248 g/mol. The molecule has 0 saturated carbocycles. The lowest BCUT2D eigenvalue weighted by Gasteiger charge is -2.09. The summed E-state index contributed by atoms with van der Waals surface area (Å²) < 4.78 is 0. The Hall–Kier alpha value is -2.98. The van der Waals surface area contributed by atoms with Crippen LogP contribution in [0.25, 0.3) is 31.5 Å². The minimum atomic E-state index is 0.362. The van der Waals surface area contributed by atoms with Gasteiger partial charge in [-0.3, -0.25) is 9.97 Å². The predicted molar refractivity (Wildman–Crippen MR) is 79.0 cm³/mol. The van der Waals surface area contributed by atoms with Crippen molar-refractivity contribution in [3.63, 3.8) is 0 Å². The lowest BCUT2D eigenvalue weighted by Crippen LogP contribution is -1.90. The molecule has 4 nitrogen and oxygen atoms in total. The van der Waals surface area contributed by atoms with Gasteiger partial charge in [0.05, 0.1) is 24.2 Å². The monoisotopic (exact) mass is 258 g/mol. The van der Waals surface area contributed by atoms with Crippen molar-refractivity contribution in [1.82, 2.24) is 9.97 Å². The van der Waals surface area contributed by atoms with Crippen LogP contribution in [0.1, 0.15) is 11.4 Å². The van der Waals surface area contributed by atoms with Crippen LogP contribution in [0.15, 0.2) is 24.3 Å². The van der Waals surface area contributed by atoms with E-state index in [1.54, 1.807) is 0 Å². The van der Waals surface area contributed by atoms with E-state index in [1.165, 1.54) is 0 Å². The lowest BCUT2D eigenvalue weighted by molar-refractivity contribution is 1.23. The Morgan fingerprint density at radius 3 is 1.50 bits per heavy atom. The van der Waals surface area contributed by atoms with Gasteiger partial charge in [-0.15, -0.1) is 0 Å². The second-order valence-corrected chi connectivity index (χ2v) is 4.62. The fourth-order valence-electron chi connectivity index (χ4n) is 2.34. The maximum Gasteiger partial charge on any atom is 0.204 e. The summed E-state index contributed by atoms with van der Waals surface area (Å²) in [5.41, 5.74) is 3.85.